The van der Waals surface area contributed by atoms with Crippen LogP contribution in [0.25, 0.3) is 32.7 Å². The van der Waals surface area contributed by atoms with E-state index in [9.17, 15) is 15.0 Å². The summed E-state index contributed by atoms with van der Waals surface area (Å²) < 4.78 is 4.98. The van der Waals surface area contributed by atoms with Gasteiger partial charge in [0, 0.05) is 23.2 Å². The van der Waals surface area contributed by atoms with Crippen LogP contribution < -0.4 is 0 Å². The molecule has 162 valence electrons. The van der Waals surface area contributed by atoms with Crippen LogP contribution in [0.1, 0.15) is 18.4 Å². The number of fused-ring (bicyclic) bond motifs is 2. The lowest BCUT2D eigenvalue weighted by Crippen LogP contribution is -2.36. The highest BCUT2D eigenvalue weighted by molar-refractivity contribution is 6.10. The lowest BCUT2D eigenvalue weighted by Gasteiger charge is -2.24. The third kappa shape index (κ3) is 3.35. The number of likely N-dealkylation sites (tertiary alicyclic amines) is 1. The van der Waals surface area contributed by atoms with Gasteiger partial charge in [-0.15, -0.1) is 0 Å². The van der Waals surface area contributed by atoms with Crippen molar-refractivity contribution in [3.8, 4) is 22.6 Å². The lowest BCUT2D eigenvalue weighted by atomic mass is 9.90. The molecule has 0 saturated carbocycles. The molecule has 0 radical (unpaired) electrons. The zero-order chi connectivity index (χ0) is 22.2. The summed E-state index contributed by atoms with van der Waals surface area (Å²) in [6.45, 7) is 1.19. The largest absolute Gasteiger partial charge is 0.507 e. The van der Waals surface area contributed by atoms with E-state index in [1.54, 1.807) is 6.07 Å². The van der Waals surface area contributed by atoms with Gasteiger partial charge in [0.15, 0.2) is 0 Å². The fraction of sp³-hybridized carbons (Fsp3) is 0.222. The van der Waals surface area contributed by atoms with Crippen molar-refractivity contribution in [2.75, 3.05) is 13.7 Å². The molecule has 5 nitrogen and oxygen atoms in total. The van der Waals surface area contributed by atoms with E-state index in [0.717, 1.165) is 46.5 Å². The second kappa shape index (κ2) is 8.17. The van der Waals surface area contributed by atoms with Gasteiger partial charge in [-0.05, 0) is 53.1 Å². The van der Waals surface area contributed by atoms with Gasteiger partial charge in [0.05, 0.1) is 7.11 Å². The van der Waals surface area contributed by atoms with Crippen molar-refractivity contribution in [3.05, 3.63) is 72.3 Å². The first-order valence-corrected chi connectivity index (χ1v) is 10.8. The number of ether oxygens (including phenoxy) is 1. The van der Waals surface area contributed by atoms with Crippen LogP contribution in [0, 0.1) is 0 Å². The molecule has 0 amide bonds. The number of carbonyl (C=O) groups is 1. The standard InChI is InChI=1S/C27H25NO4/c1-32-27(31)22-11-6-14-28(22)16-19-15-18-8-3-5-10-21(18)25(26(19)30)24-20-9-4-2-7-17(20)12-13-23(24)29/h2-5,7-10,12-13,15,22,29-30H,6,11,14,16H2,1H3/t22-/m0/s1. The fourth-order valence-corrected chi connectivity index (χ4v) is 4.93. The third-order valence-electron chi connectivity index (χ3n) is 6.47. The topological polar surface area (TPSA) is 70.0 Å². The molecular formula is C27H25NO4. The van der Waals surface area contributed by atoms with Gasteiger partial charge in [0.1, 0.15) is 17.5 Å². The summed E-state index contributed by atoms with van der Waals surface area (Å²) in [4.78, 5) is 14.3. The highest BCUT2D eigenvalue weighted by Crippen LogP contribution is 2.46. The van der Waals surface area contributed by atoms with Gasteiger partial charge in [-0.25, -0.2) is 0 Å². The van der Waals surface area contributed by atoms with E-state index in [2.05, 4.69) is 4.90 Å². The Hall–Kier alpha value is -3.57. The number of esters is 1. The van der Waals surface area contributed by atoms with Crippen molar-refractivity contribution in [1.29, 1.82) is 0 Å². The zero-order valence-corrected chi connectivity index (χ0v) is 17.9. The molecule has 2 N–H and O–H groups in total. The Morgan fingerprint density at radius 3 is 2.41 bits per heavy atom. The van der Waals surface area contributed by atoms with Crippen molar-refractivity contribution in [2.24, 2.45) is 0 Å². The summed E-state index contributed by atoms with van der Waals surface area (Å²) in [5.74, 6) is 0.00971. The number of carbonyl (C=O) groups excluding carboxylic acids is 1. The first-order chi connectivity index (χ1) is 15.6. The number of phenolic OH excluding ortho intramolecular Hbond substituents is 2. The number of hydrogen-bond acceptors (Lipinski definition) is 5. The maximum Gasteiger partial charge on any atom is 0.323 e. The molecule has 5 rings (SSSR count). The Kier molecular flexibility index (Phi) is 5.19. The molecule has 1 fully saturated rings. The molecule has 0 aromatic heterocycles. The van der Waals surface area contributed by atoms with Crippen molar-refractivity contribution in [3.63, 3.8) is 0 Å². The van der Waals surface area contributed by atoms with E-state index in [-0.39, 0.29) is 23.5 Å². The molecule has 1 saturated heterocycles. The number of nitrogens with zero attached hydrogens (tertiary/aromatic N) is 1. The Morgan fingerprint density at radius 1 is 0.969 bits per heavy atom. The van der Waals surface area contributed by atoms with Crippen LogP contribution in [0.4, 0.5) is 0 Å². The van der Waals surface area contributed by atoms with E-state index in [0.29, 0.717) is 17.7 Å². The third-order valence-corrected chi connectivity index (χ3v) is 6.47. The number of benzene rings is 4. The first kappa shape index (κ1) is 20.3. The predicted molar refractivity (Wildman–Crippen MR) is 126 cm³/mol. The van der Waals surface area contributed by atoms with Crippen LogP contribution in [0.3, 0.4) is 0 Å². The predicted octanol–water partition coefficient (Wildman–Crippen LogP) is 5.21. The van der Waals surface area contributed by atoms with Crippen LogP contribution in [-0.2, 0) is 16.1 Å². The SMILES string of the molecule is COC(=O)[C@@H]1CCCN1Cc1cc2ccccc2c(-c2c(O)ccc3ccccc23)c1O. The van der Waals surface area contributed by atoms with Crippen molar-refractivity contribution < 1.29 is 19.7 Å². The summed E-state index contributed by atoms with van der Waals surface area (Å²) in [6, 6.07) is 20.9. The molecule has 4 aromatic rings. The Morgan fingerprint density at radius 2 is 1.66 bits per heavy atom. The second-order valence-corrected chi connectivity index (χ2v) is 8.31. The van der Waals surface area contributed by atoms with Crippen LogP contribution in [-0.4, -0.2) is 40.8 Å². The van der Waals surface area contributed by atoms with Gasteiger partial charge in [-0.1, -0.05) is 54.6 Å². The van der Waals surface area contributed by atoms with Crippen molar-refractivity contribution >= 4 is 27.5 Å². The molecule has 4 aromatic carbocycles. The number of aromatic hydroxyl groups is 2. The van der Waals surface area contributed by atoms with Gasteiger partial charge in [-0.3, -0.25) is 9.69 Å². The first-order valence-electron chi connectivity index (χ1n) is 10.8. The highest BCUT2D eigenvalue weighted by atomic mass is 16.5. The van der Waals surface area contributed by atoms with E-state index in [1.165, 1.54) is 7.11 Å². The normalized spacial score (nSPS) is 16.6. The molecule has 0 bridgehead atoms. The lowest BCUT2D eigenvalue weighted by molar-refractivity contribution is -0.146. The van der Waals surface area contributed by atoms with Gasteiger partial charge in [0.2, 0.25) is 0 Å². The van der Waals surface area contributed by atoms with Gasteiger partial charge >= 0.3 is 5.97 Å². The van der Waals surface area contributed by atoms with E-state index < -0.39 is 0 Å². The van der Waals surface area contributed by atoms with E-state index in [1.807, 2.05) is 60.7 Å². The molecule has 0 unspecified atom stereocenters. The Balaban J connectivity index is 1.72. The van der Waals surface area contributed by atoms with Gasteiger partial charge in [0.25, 0.3) is 0 Å². The van der Waals surface area contributed by atoms with Crippen LogP contribution in [0.15, 0.2) is 66.7 Å². The minimum atomic E-state index is -0.305. The number of phenols is 2. The maximum atomic E-state index is 12.2. The van der Waals surface area contributed by atoms with Crippen LogP contribution in [0.5, 0.6) is 11.5 Å². The molecule has 1 atom stereocenters. The molecule has 1 aliphatic heterocycles. The minimum Gasteiger partial charge on any atom is -0.507 e. The summed E-state index contributed by atoms with van der Waals surface area (Å²) >= 11 is 0. The quantitative estimate of drug-likeness (QED) is 0.438. The molecule has 5 heteroatoms. The van der Waals surface area contributed by atoms with Crippen molar-refractivity contribution in [2.45, 2.75) is 25.4 Å². The summed E-state index contributed by atoms with van der Waals surface area (Å²) in [7, 11) is 1.41. The van der Waals surface area contributed by atoms with E-state index >= 15 is 0 Å². The smallest absolute Gasteiger partial charge is 0.323 e. The molecule has 0 spiro atoms. The average molecular weight is 428 g/mol. The van der Waals surface area contributed by atoms with Crippen LogP contribution in [0.2, 0.25) is 0 Å². The summed E-state index contributed by atoms with van der Waals surface area (Å²) in [5, 5.41) is 26.1. The minimum absolute atomic E-state index is 0.120. The average Bonchev–Trinajstić information content (AvgIpc) is 3.28. The molecule has 32 heavy (non-hydrogen) atoms. The van der Waals surface area contributed by atoms with Gasteiger partial charge < -0.3 is 14.9 Å². The number of rotatable bonds is 4. The summed E-state index contributed by atoms with van der Waals surface area (Å²) in [6.07, 6.45) is 1.66. The molecule has 0 aliphatic carbocycles. The second-order valence-electron chi connectivity index (χ2n) is 8.31. The van der Waals surface area contributed by atoms with Gasteiger partial charge in [-0.2, -0.15) is 0 Å². The highest BCUT2D eigenvalue weighted by Gasteiger charge is 2.32. The van der Waals surface area contributed by atoms with Crippen molar-refractivity contribution in [1.82, 2.24) is 4.90 Å². The van der Waals surface area contributed by atoms with Crippen LogP contribution >= 0.6 is 0 Å². The molecule has 1 aliphatic rings. The number of hydrogen-bond donors (Lipinski definition) is 2. The molecule has 1 heterocycles. The maximum absolute atomic E-state index is 12.2. The zero-order valence-electron chi connectivity index (χ0n) is 17.9. The fourth-order valence-electron chi connectivity index (χ4n) is 4.93. The Labute approximate surface area is 186 Å². The van der Waals surface area contributed by atoms with E-state index in [4.69, 9.17) is 4.74 Å². The monoisotopic (exact) mass is 427 g/mol. The number of methoxy groups -OCH3 is 1. The molecular weight excluding hydrogens is 402 g/mol. The summed E-state index contributed by atoms with van der Waals surface area (Å²) in [5.41, 5.74) is 1.95. The Bertz CT molecular complexity index is 1330.